The highest BCUT2D eigenvalue weighted by molar-refractivity contribution is 7.98. The summed E-state index contributed by atoms with van der Waals surface area (Å²) in [5.41, 5.74) is 3.55. The Morgan fingerprint density at radius 2 is 2.06 bits per heavy atom. The van der Waals surface area contributed by atoms with E-state index < -0.39 is 0 Å². The number of fused-ring (bicyclic) bond motifs is 1. The van der Waals surface area contributed by atoms with Gasteiger partial charge < -0.3 is 19.6 Å². The number of carbonyl (C=O) groups is 1. The lowest BCUT2D eigenvalue weighted by Crippen LogP contribution is -2.40. The predicted molar refractivity (Wildman–Crippen MR) is 147 cm³/mol. The Morgan fingerprint density at radius 1 is 1.19 bits per heavy atom. The maximum Gasteiger partial charge on any atom is 0.252 e. The molecule has 0 bridgehead atoms. The molecule has 7 heteroatoms. The number of hydrogen-bond donors (Lipinski definition) is 1. The summed E-state index contributed by atoms with van der Waals surface area (Å²) in [7, 11) is 0. The molecule has 2 aromatic rings. The molecule has 5 rings (SSSR count). The lowest BCUT2D eigenvalue weighted by molar-refractivity contribution is -0.141. The van der Waals surface area contributed by atoms with Gasteiger partial charge in [-0.3, -0.25) is 4.79 Å². The second kappa shape index (κ2) is 12.0. The van der Waals surface area contributed by atoms with Gasteiger partial charge in [0.15, 0.2) is 0 Å². The van der Waals surface area contributed by atoms with Crippen molar-refractivity contribution >= 4 is 34.4 Å². The molecule has 1 N–H and O–H groups in total. The molecule has 194 valence electrons. The molecule has 0 saturated carbocycles. The zero-order valence-electron chi connectivity index (χ0n) is 21.5. The molecular weight excluding hydrogens is 470 g/mol. The third-order valence-corrected chi connectivity index (χ3v) is 8.54. The van der Waals surface area contributed by atoms with Gasteiger partial charge in [0.25, 0.3) is 5.91 Å². The van der Waals surface area contributed by atoms with Gasteiger partial charge in [-0.1, -0.05) is 17.7 Å². The first kappa shape index (κ1) is 25.6. The van der Waals surface area contributed by atoms with Crippen molar-refractivity contribution < 1.29 is 14.6 Å². The highest BCUT2D eigenvalue weighted by Gasteiger charge is 2.30. The Balaban J connectivity index is 1.46. The normalized spacial score (nSPS) is 21.1. The van der Waals surface area contributed by atoms with E-state index in [1.165, 1.54) is 23.3 Å². The molecule has 1 amide bonds. The number of aromatic nitrogens is 1. The standard InChI is InChI=1S/C29H39N3O3S/c1-36-25-10-9-22-18-23(28(30-26(22)19-25)31-15-12-24(33)13-16-31)20-32(29(34)27-8-5-17-35-27)14-11-21-6-3-2-4-7-21/h6,9-10,18-19,24,27,33H,2-5,7-8,11-17,20H2,1H3/t27-/m1/s1. The number of aliphatic hydroxyl groups excluding tert-OH is 1. The van der Waals surface area contributed by atoms with Crippen LogP contribution in [0.4, 0.5) is 5.82 Å². The number of anilines is 1. The fraction of sp³-hybridized carbons (Fsp3) is 0.586. The topological polar surface area (TPSA) is 65.9 Å². The maximum atomic E-state index is 13.6. The molecular formula is C29H39N3O3S. The van der Waals surface area contributed by atoms with E-state index in [0.717, 1.165) is 80.3 Å². The fourth-order valence-corrected chi connectivity index (χ4v) is 6.07. The molecule has 2 saturated heterocycles. The van der Waals surface area contributed by atoms with E-state index in [9.17, 15) is 9.90 Å². The number of hydrogen-bond acceptors (Lipinski definition) is 6. The molecule has 36 heavy (non-hydrogen) atoms. The third kappa shape index (κ3) is 6.06. The molecule has 3 heterocycles. The minimum Gasteiger partial charge on any atom is -0.393 e. The van der Waals surface area contributed by atoms with Gasteiger partial charge in [-0.05, 0) is 82.2 Å². The van der Waals surface area contributed by atoms with Crippen LogP contribution in [0.15, 0.2) is 40.8 Å². The number of aliphatic hydroxyl groups is 1. The first-order valence-electron chi connectivity index (χ1n) is 13.6. The maximum absolute atomic E-state index is 13.6. The molecule has 0 radical (unpaired) electrons. The molecule has 3 aliphatic rings. The highest BCUT2D eigenvalue weighted by Crippen LogP contribution is 2.31. The van der Waals surface area contributed by atoms with E-state index in [4.69, 9.17) is 9.72 Å². The van der Waals surface area contributed by atoms with Gasteiger partial charge in [0.2, 0.25) is 0 Å². The van der Waals surface area contributed by atoms with Crippen molar-refractivity contribution in [3.63, 3.8) is 0 Å². The summed E-state index contributed by atoms with van der Waals surface area (Å²) in [6.45, 7) is 3.48. The van der Waals surface area contributed by atoms with Gasteiger partial charge in [-0.15, -0.1) is 11.8 Å². The van der Waals surface area contributed by atoms with E-state index in [1.807, 2.05) is 4.90 Å². The van der Waals surface area contributed by atoms with Gasteiger partial charge in [-0.2, -0.15) is 0 Å². The first-order valence-corrected chi connectivity index (χ1v) is 14.8. The van der Waals surface area contributed by atoms with Crippen LogP contribution in [0.2, 0.25) is 0 Å². The average Bonchev–Trinajstić information content (AvgIpc) is 3.46. The van der Waals surface area contributed by atoms with Gasteiger partial charge in [0.1, 0.15) is 11.9 Å². The second-order valence-electron chi connectivity index (χ2n) is 10.4. The lowest BCUT2D eigenvalue weighted by atomic mass is 9.97. The van der Waals surface area contributed by atoms with Gasteiger partial charge >= 0.3 is 0 Å². The third-order valence-electron chi connectivity index (χ3n) is 7.81. The van der Waals surface area contributed by atoms with Crippen molar-refractivity contribution in [2.75, 3.05) is 37.4 Å². The Bertz CT molecular complexity index is 1090. The average molecular weight is 510 g/mol. The van der Waals surface area contributed by atoms with E-state index in [2.05, 4.69) is 41.5 Å². The summed E-state index contributed by atoms with van der Waals surface area (Å²) in [5, 5.41) is 11.2. The van der Waals surface area contributed by atoms with E-state index in [1.54, 1.807) is 11.8 Å². The van der Waals surface area contributed by atoms with Crippen LogP contribution in [0.1, 0.15) is 63.4 Å². The number of thioether (sulfide) groups is 1. The van der Waals surface area contributed by atoms with Gasteiger partial charge in [-0.25, -0.2) is 4.98 Å². The van der Waals surface area contributed by atoms with Crippen LogP contribution in [0.5, 0.6) is 0 Å². The Hall–Kier alpha value is -2.09. The Labute approximate surface area is 219 Å². The van der Waals surface area contributed by atoms with Crippen molar-refractivity contribution in [3.8, 4) is 0 Å². The summed E-state index contributed by atoms with van der Waals surface area (Å²) >= 11 is 1.72. The summed E-state index contributed by atoms with van der Waals surface area (Å²) in [5.74, 6) is 1.07. The Morgan fingerprint density at radius 3 is 2.78 bits per heavy atom. The van der Waals surface area contributed by atoms with Gasteiger partial charge in [0.05, 0.1) is 11.6 Å². The van der Waals surface area contributed by atoms with Crippen LogP contribution in [-0.2, 0) is 16.1 Å². The second-order valence-corrected chi connectivity index (χ2v) is 11.2. The molecule has 1 aromatic carbocycles. The number of carbonyl (C=O) groups excluding carboxylic acids is 1. The zero-order valence-corrected chi connectivity index (χ0v) is 22.3. The minimum atomic E-state index is -0.323. The van der Waals surface area contributed by atoms with Crippen molar-refractivity contribution in [1.82, 2.24) is 9.88 Å². The molecule has 0 spiro atoms. The van der Waals surface area contributed by atoms with E-state index in [0.29, 0.717) is 19.7 Å². The first-order chi connectivity index (χ1) is 17.6. The largest absolute Gasteiger partial charge is 0.393 e. The van der Waals surface area contributed by atoms with Crippen molar-refractivity contribution in [2.24, 2.45) is 0 Å². The highest BCUT2D eigenvalue weighted by atomic mass is 32.2. The summed E-state index contributed by atoms with van der Waals surface area (Å²) in [4.78, 5) is 24.3. The SMILES string of the molecule is CSc1ccc2cc(CN(CCC3=CCCCC3)C(=O)[C@H]3CCCO3)c(N3CCC(O)CC3)nc2c1. The van der Waals surface area contributed by atoms with Crippen LogP contribution < -0.4 is 4.90 Å². The Kier molecular flexibility index (Phi) is 8.50. The zero-order chi connectivity index (χ0) is 24.9. The van der Waals surface area contributed by atoms with Crippen molar-refractivity contribution in [1.29, 1.82) is 0 Å². The number of nitrogens with zero attached hydrogens (tertiary/aromatic N) is 3. The number of rotatable bonds is 8. The molecule has 2 aliphatic heterocycles. The molecule has 6 nitrogen and oxygen atoms in total. The molecule has 1 aliphatic carbocycles. The fourth-order valence-electron chi connectivity index (χ4n) is 5.63. The van der Waals surface area contributed by atoms with Crippen LogP contribution in [-0.4, -0.2) is 65.6 Å². The summed E-state index contributed by atoms with van der Waals surface area (Å²) < 4.78 is 5.82. The molecule has 1 aromatic heterocycles. The van der Waals surface area contributed by atoms with Crippen LogP contribution in [0, 0.1) is 0 Å². The minimum absolute atomic E-state index is 0.113. The number of ether oxygens (including phenoxy) is 1. The summed E-state index contributed by atoms with van der Waals surface area (Å²) in [6.07, 6.45) is 12.9. The van der Waals surface area contributed by atoms with Crippen LogP contribution in [0.3, 0.4) is 0 Å². The van der Waals surface area contributed by atoms with Crippen LogP contribution in [0.25, 0.3) is 10.9 Å². The quantitative estimate of drug-likeness (QED) is 0.384. The number of allylic oxidation sites excluding steroid dienone is 1. The lowest BCUT2D eigenvalue weighted by Gasteiger charge is -2.33. The monoisotopic (exact) mass is 509 g/mol. The van der Waals surface area contributed by atoms with Crippen molar-refractivity contribution in [3.05, 3.63) is 41.5 Å². The smallest absolute Gasteiger partial charge is 0.252 e. The molecule has 2 fully saturated rings. The molecule has 1 atom stereocenters. The number of amides is 1. The number of piperidine rings is 1. The van der Waals surface area contributed by atoms with E-state index in [-0.39, 0.29) is 18.1 Å². The number of pyridine rings is 1. The van der Waals surface area contributed by atoms with Crippen LogP contribution >= 0.6 is 11.8 Å². The molecule has 0 unspecified atom stereocenters. The number of benzene rings is 1. The van der Waals surface area contributed by atoms with Gasteiger partial charge in [0, 0.05) is 48.6 Å². The van der Waals surface area contributed by atoms with E-state index >= 15 is 0 Å². The van der Waals surface area contributed by atoms with Crippen molar-refractivity contribution in [2.45, 2.75) is 81.4 Å². The summed E-state index contributed by atoms with van der Waals surface area (Å²) in [6, 6.07) is 8.65. The predicted octanol–water partition coefficient (Wildman–Crippen LogP) is 5.32.